The number of hydrogen-bond donors (Lipinski definition) is 3. The number of hydrogen-bond acceptors (Lipinski definition) is 5. The smallest absolute Gasteiger partial charge is 0.413 e. The number of aromatic nitrogens is 1. The standard InChI is InChI=1S/C17H24N4O2/c1-6-8-12(7-2)10-19-14-9-15(20-11-13(14)18)21-16(22)23-17(3,4)5/h6-9,11H,1-2,10,18H2,3-5H3,(H2,19,20,21,22)/b12-8+. The lowest BCUT2D eigenvalue weighted by Crippen LogP contribution is -2.27. The minimum Gasteiger partial charge on any atom is -0.444 e. The first-order valence-electron chi connectivity index (χ1n) is 7.18. The van der Waals surface area contributed by atoms with Crippen molar-refractivity contribution in [2.45, 2.75) is 26.4 Å². The van der Waals surface area contributed by atoms with Crippen molar-refractivity contribution in [3.05, 3.63) is 49.2 Å². The molecule has 1 heterocycles. The number of nitrogen functional groups attached to an aromatic ring is 1. The summed E-state index contributed by atoms with van der Waals surface area (Å²) < 4.78 is 5.18. The number of nitrogens with zero attached hydrogens (tertiary/aromatic N) is 1. The Kier molecular flexibility index (Phi) is 6.38. The van der Waals surface area contributed by atoms with Crippen LogP contribution in [-0.4, -0.2) is 23.2 Å². The molecule has 0 aliphatic carbocycles. The van der Waals surface area contributed by atoms with E-state index in [-0.39, 0.29) is 0 Å². The first-order chi connectivity index (χ1) is 10.7. The van der Waals surface area contributed by atoms with Crippen molar-refractivity contribution in [2.24, 2.45) is 0 Å². The van der Waals surface area contributed by atoms with Gasteiger partial charge in [-0.2, -0.15) is 0 Å². The summed E-state index contributed by atoms with van der Waals surface area (Å²) in [6.07, 6.45) is 6.16. The zero-order chi connectivity index (χ0) is 17.5. The predicted octanol–water partition coefficient (Wildman–Crippen LogP) is 3.72. The van der Waals surface area contributed by atoms with Crippen LogP contribution in [0.4, 0.5) is 22.0 Å². The minimum absolute atomic E-state index is 0.351. The molecule has 0 bridgehead atoms. The van der Waals surface area contributed by atoms with Gasteiger partial charge in [0, 0.05) is 12.6 Å². The Hall–Kier alpha value is -2.76. The van der Waals surface area contributed by atoms with E-state index < -0.39 is 11.7 Å². The first kappa shape index (κ1) is 18.3. The summed E-state index contributed by atoms with van der Waals surface area (Å²) in [5.41, 5.74) is 7.40. The van der Waals surface area contributed by atoms with E-state index in [1.165, 1.54) is 6.20 Å². The summed E-state index contributed by atoms with van der Waals surface area (Å²) in [5, 5.41) is 5.74. The number of amides is 1. The van der Waals surface area contributed by atoms with Gasteiger partial charge in [0.2, 0.25) is 0 Å². The Morgan fingerprint density at radius 2 is 2.13 bits per heavy atom. The summed E-state index contributed by atoms with van der Waals surface area (Å²) >= 11 is 0. The third-order valence-corrected chi connectivity index (χ3v) is 2.64. The number of nitrogens with two attached hydrogens (primary N) is 1. The van der Waals surface area contributed by atoms with E-state index in [2.05, 4.69) is 28.8 Å². The lowest BCUT2D eigenvalue weighted by molar-refractivity contribution is 0.0635. The third kappa shape index (κ3) is 6.69. The Balaban J connectivity index is 2.79. The number of carbonyl (C=O) groups is 1. The molecule has 0 atom stereocenters. The number of rotatable bonds is 6. The average Bonchev–Trinajstić information content (AvgIpc) is 2.44. The van der Waals surface area contributed by atoms with Crippen LogP contribution in [0.25, 0.3) is 0 Å². The molecule has 0 fully saturated rings. The Bertz CT molecular complexity index is 616. The van der Waals surface area contributed by atoms with E-state index in [9.17, 15) is 4.79 Å². The molecule has 1 rings (SSSR count). The SMILES string of the molecule is C=C/C=C(\C=C)CNc1cc(NC(=O)OC(C)(C)C)ncc1N. The topological polar surface area (TPSA) is 89.3 Å². The van der Waals surface area contributed by atoms with Crippen molar-refractivity contribution >= 4 is 23.3 Å². The van der Waals surface area contributed by atoms with Crippen LogP contribution < -0.4 is 16.4 Å². The van der Waals surface area contributed by atoms with Crippen molar-refractivity contribution in [3.8, 4) is 0 Å². The Labute approximate surface area is 137 Å². The van der Waals surface area contributed by atoms with Crippen LogP contribution in [0.15, 0.2) is 49.2 Å². The fourth-order valence-corrected chi connectivity index (χ4v) is 1.64. The fraction of sp³-hybridized carbons (Fsp3) is 0.294. The quantitative estimate of drug-likeness (QED) is 0.696. The molecule has 0 unspecified atom stereocenters. The molecule has 0 spiro atoms. The van der Waals surface area contributed by atoms with Gasteiger partial charge >= 0.3 is 6.09 Å². The summed E-state index contributed by atoms with van der Waals surface area (Å²) in [6, 6.07) is 1.65. The highest BCUT2D eigenvalue weighted by Crippen LogP contribution is 2.21. The number of carbonyl (C=O) groups excluding carboxylic acids is 1. The van der Waals surface area contributed by atoms with Gasteiger partial charge in [-0.15, -0.1) is 0 Å². The molecule has 0 saturated carbocycles. The van der Waals surface area contributed by atoms with Gasteiger partial charge in [-0.05, 0) is 26.3 Å². The highest BCUT2D eigenvalue weighted by atomic mass is 16.6. The van der Waals surface area contributed by atoms with E-state index in [1.54, 1.807) is 39.0 Å². The van der Waals surface area contributed by atoms with Crippen LogP contribution in [0.3, 0.4) is 0 Å². The fourth-order valence-electron chi connectivity index (χ4n) is 1.64. The largest absolute Gasteiger partial charge is 0.444 e. The first-order valence-corrected chi connectivity index (χ1v) is 7.18. The third-order valence-electron chi connectivity index (χ3n) is 2.64. The minimum atomic E-state index is -0.576. The molecule has 1 aromatic rings. The van der Waals surface area contributed by atoms with E-state index in [4.69, 9.17) is 10.5 Å². The van der Waals surface area contributed by atoms with Crippen LogP contribution in [0.5, 0.6) is 0 Å². The summed E-state index contributed by atoms with van der Waals surface area (Å²) in [5.74, 6) is 0.351. The lowest BCUT2D eigenvalue weighted by Gasteiger charge is -2.19. The average molecular weight is 316 g/mol. The highest BCUT2D eigenvalue weighted by Gasteiger charge is 2.16. The van der Waals surface area contributed by atoms with Crippen molar-refractivity contribution in [2.75, 3.05) is 22.9 Å². The van der Waals surface area contributed by atoms with E-state index >= 15 is 0 Å². The Morgan fingerprint density at radius 3 is 2.70 bits per heavy atom. The van der Waals surface area contributed by atoms with Gasteiger partial charge in [0.25, 0.3) is 0 Å². The molecule has 6 nitrogen and oxygen atoms in total. The van der Waals surface area contributed by atoms with Crippen molar-refractivity contribution in [3.63, 3.8) is 0 Å². The van der Waals surface area contributed by atoms with E-state index in [1.807, 2.05) is 6.08 Å². The summed E-state index contributed by atoms with van der Waals surface area (Å²) in [6.45, 7) is 13.3. The lowest BCUT2D eigenvalue weighted by atomic mass is 10.2. The molecule has 4 N–H and O–H groups in total. The van der Waals surface area contributed by atoms with Gasteiger partial charge in [-0.1, -0.05) is 31.4 Å². The molecule has 0 radical (unpaired) electrons. The molecule has 0 saturated heterocycles. The van der Waals surface area contributed by atoms with Crippen LogP contribution in [-0.2, 0) is 4.74 Å². The molecular weight excluding hydrogens is 292 g/mol. The molecule has 23 heavy (non-hydrogen) atoms. The van der Waals surface area contributed by atoms with Crippen molar-refractivity contribution in [1.82, 2.24) is 4.98 Å². The van der Waals surface area contributed by atoms with Gasteiger partial charge in [-0.3, -0.25) is 5.32 Å². The summed E-state index contributed by atoms with van der Waals surface area (Å²) in [4.78, 5) is 15.8. The number of anilines is 3. The zero-order valence-electron chi connectivity index (χ0n) is 13.8. The maximum Gasteiger partial charge on any atom is 0.413 e. The molecule has 1 amide bonds. The second-order valence-electron chi connectivity index (χ2n) is 5.82. The van der Waals surface area contributed by atoms with Crippen molar-refractivity contribution < 1.29 is 9.53 Å². The molecule has 6 heteroatoms. The molecular formula is C17H24N4O2. The van der Waals surface area contributed by atoms with Gasteiger partial charge in [0.1, 0.15) is 11.4 Å². The molecule has 0 aliphatic rings. The van der Waals surface area contributed by atoms with Gasteiger partial charge in [-0.25, -0.2) is 9.78 Å². The number of ether oxygens (including phenoxy) is 1. The van der Waals surface area contributed by atoms with Gasteiger partial charge in [0.15, 0.2) is 0 Å². The van der Waals surface area contributed by atoms with Gasteiger partial charge in [0.05, 0.1) is 17.6 Å². The summed E-state index contributed by atoms with van der Waals surface area (Å²) in [7, 11) is 0. The van der Waals surface area contributed by atoms with Crippen LogP contribution in [0, 0.1) is 0 Å². The molecule has 0 aromatic carbocycles. The van der Waals surface area contributed by atoms with Gasteiger partial charge < -0.3 is 15.8 Å². The molecule has 124 valence electrons. The number of pyridine rings is 1. The van der Waals surface area contributed by atoms with Crippen molar-refractivity contribution in [1.29, 1.82) is 0 Å². The predicted molar refractivity (Wildman–Crippen MR) is 95.5 cm³/mol. The normalized spacial score (nSPS) is 11.5. The monoisotopic (exact) mass is 316 g/mol. The number of allylic oxidation sites excluding steroid dienone is 2. The second-order valence-corrected chi connectivity index (χ2v) is 5.82. The Morgan fingerprint density at radius 1 is 1.43 bits per heavy atom. The van der Waals surface area contributed by atoms with E-state index in [0.717, 1.165) is 5.57 Å². The number of nitrogens with one attached hydrogen (secondary N) is 2. The maximum atomic E-state index is 11.8. The molecule has 0 aliphatic heterocycles. The maximum absolute atomic E-state index is 11.8. The van der Waals surface area contributed by atoms with Crippen LogP contribution >= 0.6 is 0 Å². The highest BCUT2D eigenvalue weighted by molar-refractivity contribution is 5.85. The zero-order valence-corrected chi connectivity index (χ0v) is 13.8. The van der Waals surface area contributed by atoms with E-state index in [0.29, 0.717) is 23.7 Å². The van der Waals surface area contributed by atoms with Crippen LogP contribution in [0.1, 0.15) is 20.8 Å². The molecule has 1 aromatic heterocycles. The van der Waals surface area contributed by atoms with Crippen LogP contribution in [0.2, 0.25) is 0 Å². The second kappa shape index (κ2) is 8.03.